The highest BCUT2D eigenvalue weighted by Crippen LogP contribution is 2.37. The van der Waals surface area contributed by atoms with Crippen LogP contribution in [0.5, 0.6) is 0 Å². The molecule has 0 radical (unpaired) electrons. The smallest absolute Gasteiger partial charge is 0.325 e. The van der Waals surface area contributed by atoms with Gasteiger partial charge in [-0.15, -0.1) is 0 Å². The van der Waals surface area contributed by atoms with Gasteiger partial charge >= 0.3 is 6.03 Å². The summed E-state index contributed by atoms with van der Waals surface area (Å²) in [7, 11) is 0. The van der Waals surface area contributed by atoms with Crippen molar-refractivity contribution in [2.24, 2.45) is 17.6 Å². The third-order valence-corrected chi connectivity index (χ3v) is 6.05. The molecule has 3 rings (SSSR count). The van der Waals surface area contributed by atoms with Crippen LogP contribution in [0.2, 0.25) is 0 Å². The third-order valence-electron chi connectivity index (χ3n) is 6.05. The number of carbonyl (C=O) groups is 3. The molecule has 0 bridgehead atoms. The van der Waals surface area contributed by atoms with Crippen LogP contribution in [0.15, 0.2) is 0 Å². The van der Waals surface area contributed by atoms with Gasteiger partial charge in [0, 0.05) is 13.1 Å². The summed E-state index contributed by atoms with van der Waals surface area (Å²) in [5, 5.41) is 2.88. The molecular weight excluding hydrogens is 308 g/mol. The van der Waals surface area contributed by atoms with Crippen molar-refractivity contribution >= 4 is 17.8 Å². The van der Waals surface area contributed by atoms with Gasteiger partial charge in [-0.05, 0) is 50.5 Å². The second-order valence-corrected chi connectivity index (χ2v) is 7.49. The highest BCUT2D eigenvalue weighted by molar-refractivity contribution is 6.09. The second-order valence-electron chi connectivity index (χ2n) is 7.49. The number of rotatable bonds is 4. The number of imide groups is 1. The Balaban J connectivity index is 1.62. The van der Waals surface area contributed by atoms with Crippen LogP contribution in [0.3, 0.4) is 0 Å². The second kappa shape index (κ2) is 6.70. The summed E-state index contributed by atoms with van der Waals surface area (Å²) in [4.78, 5) is 40.4. The zero-order valence-corrected chi connectivity index (χ0v) is 14.4. The van der Waals surface area contributed by atoms with E-state index in [1.54, 1.807) is 4.90 Å². The summed E-state index contributed by atoms with van der Waals surface area (Å²) in [6.07, 6.45) is 5.27. The van der Waals surface area contributed by atoms with Crippen LogP contribution in [-0.4, -0.2) is 59.4 Å². The lowest BCUT2D eigenvalue weighted by atomic mass is 9.75. The fourth-order valence-corrected chi connectivity index (χ4v) is 4.22. The van der Waals surface area contributed by atoms with Crippen LogP contribution < -0.4 is 11.1 Å². The van der Waals surface area contributed by atoms with Crippen molar-refractivity contribution in [1.29, 1.82) is 0 Å². The summed E-state index contributed by atoms with van der Waals surface area (Å²) >= 11 is 0. The molecule has 3 aliphatic rings. The summed E-state index contributed by atoms with van der Waals surface area (Å²) in [6, 6.07) is -0.419. The molecule has 1 unspecified atom stereocenters. The van der Waals surface area contributed by atoms with Crippen molar-refractivity contribution in [3.63, 3.8) is 0 Å². The normalized spacial score (nSPS) is 33.4. The molecule has 24 heavy (non-hydrogen) atoms. The van der Waals surface area contributed by atoms with Gasteiger partial charge in [0.15, 0.2) is 0 Å². The van der Waals surface area contributed by atoms with Gasteiger partial charge in [0.1, 0.15) is 12.1 Å². The number of nitrogens with two attached hydrogens (primary N) is 1. The van der Waals surface area contributed by atoms with Crippen molar-refractivity contribution < 1.29 is 14.4 Å². The largest absolute Gasteiger partial charge is 0.341 e. The van der Waals surface area contributed by atoms with Gasteiger partial charge < -0.3 is 16.0 Å². The van der Waals surface area contributed by atoms with Crippen LogP contribution >= 0.6 is 0 Å². The van der Waals surface area contributed by atoms with Crippen LogP contribution in [0.1, 0.15) is 45.4 Å². The molecule has 0 aromatic heterocycles. The van der Waals surface area contributed by atoms with Crippen LogP contribution in [-0.2, 0) is 9.59 Å². The fraction of sp³-hybridized carbons (Fsp3) is 0.824. The molecule has 3 fully saturated rings. The first-order chi connectivity index (χ1) is 11.5. The molecule has 1 aliphatic carbocycles. The number of hydrogen-bond donors (Lipinski definition) is 2. The number of hydrogen-bond acceptors (Lipinski definition) is 4. The lowest BCUT2D eigenvalue weighted by molar-refractivity contribution is -0.139. The monoisotopic (exact) mass is 336 g/mol. The molecule has 7 nitrogen and oxygen atoms in total. The Morgan fingerprint density at radius 3 is 2.54 bits per heavy atom. The Morgan fingerprint density at radius 2 is 1.96 bits per heavy atom. The van der Waals surface area contributed by atoms with E-state index >= 15 is 0 Å². The quantitative estimate of drug-likeness (QED) is 0.738. The van der Waals surface area contributed by atoms with E-state index in [9.17, 15) is 14.4 Å². The van der Waals surface area contributed by atoms with Crippen molar-refractivity contribution in [2.75, 3.05) is 26.2 Å². The van der Waals surface area contributed by atoms with E-state index in [0.29, 0.717) is 44.3 Å². The molecule has 7 heteroatoms. The van der Waals surface area contributed by atoms with E-state index in [4.69, 9.17) is 5.73 Å². The maximum atomic E-state index is 12.8. The van der Waals surface area contributed by atoms with Gasteiger partial charge in [0.25, 0.3) is 5.91 Å². The minimum atomic E-state index is -0.770. The van der Waals surface area contributed by atoms with Gasteiger partial charge in [-0.1, -0.05) is 13.3 Å². The number of urea groups is 1. The Kier molecular flexibility index (Phi) is 4.80. The SMILES string of the molecule is CCC1CCC2(CC1)NC(=O)N(CC(=O)N1CCC(CN)C1)C2=O. The molecule has 4 amide bonds. The molecule has 2 heterocycles. The van der Waals surface area contributed by atoms with Crippen LogP contribution in [0, 0.1) is 11.8 Å². The summed E-state index contributed by atoms with van der Waals surface area (Å²) in [5.41, 5.74) is 4.88. The maximum absolute atomic E-state index is 12.8. The van der Waals surface area contributed by atoms with Crippen molar-refractivity contribution in [3.8, 4) is 0 Å². The lowest BCUT2D eigenvalue weighted by Gasteiger charge is -2.34. The number of nitrogens with zero attached hydrogens (tertiary/aromatic N) is 2. The Hall–Kier alpha value is -1.63. The summed E-state index contributed by atoms with van der Waals surface area (Å²) < 4.78 is 0. The summed E-state index contributed by atoms with van der Waals surface area (Å²) in [6.45, 7) is 3.86. The van der Waals surface area contributed by atoms with Crippen molar-refractivity contribution in [2.45, 2.75) is 51.0 Å². The van der Waals surface area contributed by atoms with Gasteiger partial charge in [-0.2, -0.15) is 0 Å². The average molecular weight is 336 g/mol. The van der Waals surface area contributed by atoms with Gasteiger partial charge in [-0.3, -0.25) is 14.5 Å². The molecule has 1 atom stereocenters. The number of amides is 4. The van der Waals surface area contributed by atoms with E-state index in [-0.39, 0.29) is 18.4 Å². The minimum absolute atomic E-state index is 0.152. The molecule has 1 saturated carbocycles. The van der Waals surface area contributed by atoms with E-state index in [1.807, 2.05) is 0 Å². The summed E-state index contributed by atoms with van der Waals surface area (Å²) in [5.74, 6) is 0.584. The molecule has 2 aliphatic heterocycles. The number of carbonyl (C=O) groups excluding carboxylic acids is 3. The predicted molar refractivity (Wildman–Crippen MR) is 89.0 cm³/mol. The lowest BCUT2D eigenvalue weighted by Crippen LogP contribution is -2.50. The first kappa shape index (κ1) is 17.2. The molecule has 0 aromatic rings. The third kappa shape index (κ3) is 3.01. The van der Waals surface area contributed by atoms with Crippen molar-refractivity contribution in [3.05, 3.63) is 0 Å². The number of likely N-dealkylation sites (tertiary alicyclic amines) is 1. The fourth-order valence-electron chi connectivity index (χ4n) is 4.22. The van der Waals surface area contributed by atoms with Gasteiger partial charge in [-0.25, -0.2) is 4.79 Å². The molecule has 134 valence electrons. The average Bonchev–Trinajstić information content (AvgIpc) is 3.15. The van der Waals surface area contributed by atoms with Crippen LogP contribution in [0.25, 0.3) is 0 Å². The molecular formula is C17H28N4O3. The highest BCUT2D eigenvalue weighted by Gasteiger charge is 2.52. The van der Waals surface area contributed by atoms with Gasteiger partial charge in [0.05, 0.1) is 0 Å². The van der Waals surface area contributed by atoms with E-state index < -0.39 is 11.6 Å². The van der Waals surface area contributed by atoms with Gasteiger partial charge in [0.2, 0.25) is 5.91 Å². The maximum Gasteiger partial charge on any atom is 0.325 e. The zero-order chi connectivity index (χ0) is 17.3. The van der Waals surface area contributed by atoms with Crippen molar-refractivity contribution in [1.82, 2.24) is 15.1 Å². The van der Waals surface area contributed by atoms with E-state index in [1.165, 1.54) is 0 Å². The topological polar surface area (TPSA) is 95.7 Å². The molecule has 1 spiro atoms. The first-order valence-corrected chi connectivity index (χ1v) is 9.11. The predicted octanol–water partition coefficient (Wildman–Crippen LogP) is 0.684. The van der Waals surface area contributed by atoms with Crippen LogP contribution in [0.4, 0.5) is 4.79 Å². The molecule has 3 N–H and O–H groups in total. The zero-order valence-electron chi connectivity index (χ0n) is 14.4. The molecule has 2 saturated heterocycles. The Morgan fingerprint density at radius 1 is 1.25 bits per heavy atom. The Labute approximate surface area is 142 Å². The Bertz CT molecular complexity index is 528. The van der Waals surface area contributed by atoms with E-state index in [2.05, 4.69) is 12.2 Å². The number of nitrogens with one attached hydrogen (secondary N) is 1. The first-order valence-electron chi connectivity index (χ1n) is 9.11. The van der Waals surface area contributed by atoms with E-state index in [0.717, 1.165) is 30.6 Å². The standard InChI is InChI=1S/C17H28N4O3/c1-2-12-3-6-17(7-4-12)15(23)21(16(24)19-17)11-14(22)20-8-5-13(9-18)10-20/h12-13H,2-11,18H2,1H3,(H,19,24). The minimum Gasteiger partial charge on any atom is -0.341 e. The highest BCUT2D eigenvalue weighted by atomic mass is 16.2. The molecule has 0 aromatic carbocycles.